The van der Waals surface area contributed by atoms with Gasteiger partial charge in [-0.05, 0) is 36.5 Å². The number of hydrogen-bond donors (Lipinski definition) is 1. The molecule has 2 aromatic carbocycles. The summed E-state index contributed by atoms with van der Waals surface area (Å²) >= 11 is 1.83. The second kappa shape index (κ2) is 5.81. The van der Waals surface area contributed by atoms with Crippen molar-refractivity contribution in [2.24, 2.45) is 0 Å². The van der Waals surface area contributed by atoms with Crippen LogP contribution in [0.4, 0.5) is 0 Å². The van der Waals surface area contributed by atoms with Gasteiger partial charge in [-0.1, -0.05) is 48.5 Å². The molecule has 0 radical (unpaired) electrons. The van der Waals surface area contributed by atoms with E-state index >= 15 is 0 Å². The molecule has 0 saturated heterocycles. The van der Waals surface area contributed by atoms with Crippen molar-refractivity contribution in [3.63, 3.8) is 0 Å². The third-order valence-corrected chi connectivity index (χ3v) is 5.11. The summed E-state index contributed by atoms with van der Waals surface area (Å²) in [6.45, 7) is 0. The molecule has 1 aliphatic rings. The maximum Gasteiger partial charge on any atom is 0.0668 e. The highest BCUT2D eigenvalue weighted by molar-refractivity contribution is 8.00. The predicted molar refractivity (Wildman–Crippen MR) is 80.6 cm³/mol. The molecule has 0 amide bonds. The molecule has 2 aromatic rings. The molecule has 2 atom stereocenters. The molecule has 98 valence electrons. The maximum absolute atomic E-state index is 10.4. The van der Waals surface area contributed by atoms with Gasteiger partial charge < -0.3 is 5.11 Å². The number of aryl methyl sites for hydroxylation is 1. The van der Waals surface area contributed by atoms with Crippen LogP contribution < -0.4 is 0 Å². The first-order valence-electron chi connectivity index (χ1n) is 6.79. The Balaban J connectivity index is 1.57. The maximum atomic E-state index is 10.4. The summed E-state index contributed by atoms with van der Waals surface area (Å²) in [5, 5.41) is 10.7. The van der Waals surface area contributed by atoms with Crippen molar-refractivity contribution in [1.82, 2.24) is 0 Å². The minimum atomic E-state index is -0.224. The molecular formula is C17H18OS. The van der Waals surface area contributed by atoms with E-state index in [-0.39, 0.29) is 6.10 Å². The van der Waals surface area contributed by atoms with E-state index in [0.717, 1.165) is 19.3 Å². The molecule has 2 unspecified atom stereocenters. The number of aliphatic hydroxyl groups excluding tert-OH is 1. The van der Waals surface area contributed by atoms with Gasteiger partial charge in [0.05, 0.1) is 6.10 Å². The summed E-state index contributed by atoms with van der Waals surface area (Å²) in [7, 11) is 0. The van der Waals surface area contributed by atoms with Gasteiger partial charge >= 0.3 is 0 Å². The van der Waals surface area contributed by atoms with Crippen molar-refractivity contribution in [2.45, 2.75) is 35.5 Å². The SMILES string of the molecule is OC(CCc1ccccc1)C1Cc2ccccc2S1. The van der Waals surface area contributed by atoms with Crippen LogP contribution in [0.2, 0.25) is 0 Å². The third kappa shape index (κ3) is 3.02. The van der Waals surface area contributed by atoms with E-state index in [4.69, 9.17) is 0 Å². The molecule has 0 aliphatic carbocycles. The molecule has 1 heterocycles. The molecule has 2 heteroatoms. The molecule has 1 N–H and O–H groups in total. The van der Waals surface area contributed by atoms with Crippen LogP contribution in [0.15, 0.2) is 59.5 Å². The van der Waals surface area contributed by atoms with E-state index < -0.39 is 0 Å². The molecule has 0 spiro atoms. The summed E-state index contributed by atoms with van der Waals surface area (Å²) in [5.41, 5.74) is 2.69. The largest absolute Gasteiger partial charge is 0.392 e. The molecule has 0 saturated carbocycles. The number of rotatable bonds is 4. The van der Waals surface area contributed by atoms with Crippen molar-refractivity contribution in [3.05, 3.63) is 65.7 Å². The lowest BCUT2D eigenvalue weighted by molar-refractivity contribution is 0.162. The van der Waals surface area contributed by atoms with Crippen LogP contribution in [0.5, 0.6) is 0 Å². The van der Waals surface area contributed by atoms with Crippen molar-refractivity contribution < 1.29 is 5.11 Å². The zero-order chi connectivity index (χ0) is 13.1. The van der Waals surface area contributed by atoms with Gasteiger partial charge in [0.15, 0.2) is 0 Å². The van der Waals surface area contributed by atoms with Crippen LogP contribution in [0.25, 0.3) is 0 Å². The van der Waals surface area contributed by atoms with Crippen LogP contribution in [-0.4, -0.2) is 16.5 Å². The van der Waals surface area contributed by atoms with Gasteiger partial charge in [-0.2, -0.15) is 0 Å². The van der Waals surface area contributed by atoms with Crippen LogP contribution in [-0.2, 0) is 12.8 Å². The van der Waals surface area contributed by atoms with E-state index in [1.165, 1.54) is 16.0 Å². The lowest BCUT2D eigenvalue weighted by Gasteiger charge is -2.16. The standard InChI is InChI=1S/C17H18OS/c18-15(11-10-13-6-2-1-3-7-13)17-12-14-8-4-5-9-16(14)19-17/h1-9,15,17-18H,10-12H2. The van der Waals surface area contributed by atoms with Gasteiger partial charge in [0.2, 0.25) is 0 Å². The van der Waals surface area contributed by atoms with Crippen molar-refractivity contribution >= 4 is 11.8 Å². The number of thioether (sulfide) groups is 1. The Morgan fingerprint density at radius 2 is 1.79 bits per heavy atom. The average molecular weight is 270 g/mol. The number of benzene rings is 2. The Bertz CT molecular complexity index is 513. The minimum Gasteiger partial charge on any atom is -0.392 e. The Morgan fingerprint density at radius 1 is 1.05 bits per heavy atom. The highest BCUT2D eigenvalue weighted by Crippen LogP contribution is 2.39. The van der Waals surface area contributed by atoms with E-state index in [2.05, 4.69) is 48.5 Å². The summed E-state index contributed by atoms with van der Waals surface area (Å²) in [4.78, 5) is 1.34. The topological polar surface area (TPSA) is 20.2 Å². The second-order valence-corrected chi connectivity index (χ2v) is 6.34. The van der Waals surface area contributed by atoms with Gasteiger partial charge in [-0.25, -0.2) is 0 Å². The Kier molecular flexibility index (Phi) is 3.90. The van der Waals surface area contributed by atoms with E-state index in [9.17, 15) is 5.11 Å². The summed E-state index contributed by atoms with van der Waals surface area (Å²) in [5.74, 6) is 0. The predicted octanol–water partition coefficient (Wildman–Crippen LogP) is 3.70. The van der Waals surface area contributed by atoms with Crippen molar-refractivity contribution in [2.75, 3.05) is 0 Å². The molecule has 0 aromatic heterocycles. The Hall–Kier alpha value is -1.25. The second-order valence-electron chi connectivity index (χ2n) is 5.06. The highest BCUT2D eigenvalue weighted by Gasteiger charge is 2.27. The van der Waals surface area contributed by atoms with E-state index in [1.54, 1.807) is 0 Å². The minimum absolute atomic E-state index is 0.224. The van der Waals surface area contributed by atoms with Crippen molar-refractivity contribution in [1.29, 1.82) is 0 Å². The zero-order valence-corrected chi connectivity index (χ0v) is 11.6. The Morgan fingerprint density at radius 3 is 2.58 bits per heavy atom. The number of hydrogen-bond acceptors (Lipinski definition) is 2. The van der Waals surface area contributed by atoms with Crippen LogP contribution >= 0.6 is 11.8 Å². The van der Waals surface area contributed by atoms with E-state index in [0.29, 0.717) is 5.25 Å². The van der Waals surface area contributed by atoms with Crippen LogP contribution in [0.3, 0.4) is 0 Å². The highest BCUT2D eigenvalue weighted by atomic mass is 32.2. The normalized spacial score (nSPS) is 19.1. The molecular weight excluding hydrogens is 252 g/mol. The van der Waals surface area contributed by atoms with Gasteiger partial charge in [-0.15, -0.1) is 11.8 Å². The fourth-order valence-corrected chi connectivity index (χ4v) is 3.91. The third-order valence-electron chi connectivity index (χ3n) is 3.67. The van der Waals surface area contributed by atoms with Crippen molar-refractivity contribution in [3.8, 4) is 0 Å². The first kappa shape index (κ1) is 12.8. The first-order valence-corrected chi connectivity index (χ1v) is 7.67. The van der Waals surface area contributed by atoms with Gasteiger partial charge in [0, 0.05) is 10.1 Å². The molecule has 1 aliphatic heterocycles. The number of aliphatic hydroxyl groups is 1. The van der Waals surface area contributed by atoms with E-state index in [1.807, 2.05) is 17.8 Å². The van der Waals surface area contributed by atoms with Gasteiger partial charge in [-0.3, -0.25) is 0 Å². The first-order chi connectivity index (χ1) is 9.33. The molecule has 0 bridgehead atoms. The molecule has 3 rings (SSSR count). The number of fused-ring (bicyclic) bond motifs is 1. The summed E-state index contributed by atoms with van der Waals surface area (Å²) in [6.07, 6.45) is 2.57. The quantitative estimate of drug-likeness (QED) is 0.914. The lowest BCUT2D eigenvalue weighted by Crippen LogP contribution is -2.23. The van der Waals surface area contributed by atoms with Crippen LogP contribution in [0, 0.1) is 0 Å². The lowest BCUT2D eigenvalue weighted by atomic mass is 10.0. The summed E-state index contributed by atoms with van der Waals surface area (Å²) < 4.78 is 0. The fourth-order valence-electron chi connectivity index (χ4n) is 2.57. The fraction of sp³-hybridized carbons (Fsp3) is 0.294. The van der Waals surface area contributed by atoms with Gasteiger partial charge in [0.1, 0.15) is 0 Å². The zero-order valence-electron chi connectivity index (χ0n) is 10.8. The monoisotopic (exact) mass is 270 g/mol. The molecule has 1 nitrogen and oxygen atoms in total. The Labute approximate surface area is 118 Å². The average Bonchev–Trinajstić information content (AvgIpc) is 2.90. The summed E-state index contributed by atoms with van der Waals surface area (Å²) in [6, 6.07) is 18.9. The van der Waals surface area contributed by atoms with Crippen LogP contribution in [0.1, 0.15) is 17.5 Å². The molecule has 19 heavy (non-hydrogen) atoms. The molecule has 0 fully saturated rings. The smallest absolute Gasteiger partial charge is 0.0668 e. The van der Waals surface area contributed by atoms with Gasteiger partial charge in [0.25, 0.3) is 0 Å².